The van der Waals surface area contributed by atoms with Gasteiger partial charge in [-0.25, -0.2) is 9.79 Å². The molecule has 1 saturated heterocycles. The van der Waals surface area contributed by atoms with Gasteiger partial charge in [0, 0.05) is 0 Å². The normalized spacial score (nSPS) is 15.3. The molecule has 1 fully saturated rings. The van der Waals surface area contributed by atoms with E-state index >= 15 is 0 Å². The van der Waals surface area contributed by atoms with Crippen molar-refractivity contribution in [2.75, 3.05) is 14.2 Å². The third kappa shape index (κ3) is 5.49. The first-order valence-corrected chi connectivity index (χ1v) is 11.7. The number of nitrogens with one attached hydrogen (secondary N) is 1. The summed E-state index contributed by atoms with van der Waals surface area (Å²) in [6, 6.07) is 19.3. The zero-order valence-electron chi connectivity index (χ0n) is 18.2. The molecule has 0 saturated carbocycles. The van der Waals surface area contributed by atoms with Crippen LogP contribution < -0.4 is 19.5 Å². The molecule has 0 aliphatic carbocycles. The van der Waals surface area contributed by atoms with Crippen molar-refractivity contribution < 1.29 is 23.8 Å². The van der Waals surface area contributed by atoms with Crippen LogP contribution in [0.15, 0.2) is 81.1 Å². The minimum Gasteiger partial charge on any atom is -0.497 e. The zero-order valence-corrected chi connectivity index (χ0v) is 20.6. The summed E-state index contributed by atoms with van der Waals surface area (Å²) < 4.78 is 16.6. The van der Waals surface area contributed by atoms with E-state index in [2.05, 4.69) is 26.2 Å². The van der Waals surface area contributed by atoms with Crippen LogP contribution in [0.5, 0.6) is 17.2 Å². The lowest BCUT2D eigenvalue weighted by molar-refractivity contribution is -0.115. The Labute approximate surface area is 209 Å². The van der Waals surface area contributed by atoms with Crippen LogP contribution in [0.2, 0.25) is 0 Å². The average molecular weight is 539 g/mol. The Hall–Kier alpha value is -3.56. The van der Waals surface area contributed by atoms with Gasteiger partial charge in [-0.1, -0.05) is 18.2 Å². The maximum absolute atomic E-state index is 12.5. The van der Waals surface area contributed by atoms with Crippen LogP contribution in [-0.4, -0.2) is 31.3 Å². The molecule has 3 aromatic rings. The number of thioether (sulfide) groups is 1. The van der Waals surface area contributed by atoms with Crippen LogP contribution in [0, 0.1) is 0 Å². The fraction of sp³-hybridized carbons (Fsp3) is 0.0800. The van der Waals surface area contributed by atoms with Gasteiger partial charge in [-0.3, -0.25) is 4.79 Å². The van der Waals surface area contributed by atoms with Crippen molar-refractivity contribution in [2.45, 2.75) is 0 Å². The molecule has 34 heavy (non-hydrogen) atoms. The van der Waals surface area contributed by atoms with Gasteiger partial charge in [0.05, 0.1) is 34.8 Å². The number of carbonyl (C=O) groups excluding carboxylic acids is 2. The molecular weight excluding hydrogens is 520 g/mol. The van der Waals surface area contributed by atoms with E-state index < -0.39 is 5.97 Å². The Bertz CT molecular complexity index is 1290. The van der Waals surface area contributed by atoms with Crippen molar-refractivity contribution in [3.8, 4) is 17.2 Å². The highest BCUT2D eigenvalue weighted by atomic mass is 79.9. The molecule has 3 aromatic carbocycles. The molecule has 0 aromatic heterocycles. The number of hydrogen-bond acceptors (Lipinski definition) is 7. The Morgan fingerprint density at radius 3 is 2.44 bits per heavy atom. The fourth-order valence-electron chi connectivity index (χ4n) is 3.05. The van der Waals surface area contributed by atoms with Gasteiger partial charge in [0.25, 0.3) is 5.91 Å². The summed E-state index contributed by atoms with van der Waals surface area (Å²) in [7, 11) is 3.08. The van der Waals surface area contributed by atoms with Gasteiger partial charge in [0.2, 0.25) is 0 Å². The third-order valence-electron chi connectivity index (χ3n) is 4.71. The summed E-state index contributed by atoms with van der Waals surface area (Å²) in [6.07, 6.45) is 1.71. The van der Waals surface area contributed by atoms with E-state index in [1.54, 1.807) is 73.8 Å². The zero-order chi connectivity index (χ0) is 24.1. The van der Waals surface area contributed by atoms with Crippen LogP contribution in [0.1, 0.15) is 15.9 Å². The lowest BCUT2D eigenvalue weighted by Gasteiger charge is -2.12. The molecule has 1 heterocycles. The van der Waals surface area contributed by atoms with Gasteiger partial charge in [-0.05, 0) is 87.9 Å². The molecule has 0 atom stereocenters. The Kier molecular flexibility index (Phi) is 7.34. The molecule has 9 heteroatoms. The molecule has 4 rings (SSSR count). The summed E-state index contributed by atoms with van der Waals surface area (Å²) in [5.74, 6) is 0.567. The molecule has 1 aliphatic rings. The van der Waals surface area contributed by atoms with Crippen LogP contribution in [-0.2, 0) is 4.79 Å². The Morgan fingerprint density at radius 2 is 1.76 bits per heavy atom. The maximum atomic E-state index is 12.5. The van der Waals surface area contributed by atoms with Crippen molar-refractivity contribution in [3.63, 3.8) is 0 Å². The summed E-state index contributed by atoms with van der Waals surface area (Å²) in [5, 5.41) is 3.24. The van der Waals surface area contributed by atoms with Crippen molar-refractivity contribution in [1.82, 2.24) is 5.32 Å². The second-order valence-corrected chi connectivity index (χ2v) is 8.85. The lowest BCUT2D eigenvalue weighted by atomic mass is 10.1. The number of amidine groups is 1. The van der Waals surface area contributed by atoms with Gasteiger partial charge in [0.15, 0.2) is 16.7 Å². The molecule has 1 amide bonds. The fourth-order valence-corrected chi connectivity index (χ4v) is 4.44. The number of hydrogen-bond donors (Lipinski definition) is 1. The largest absolute Gasteiger partial charge is 0.497 e. The highest BCUT2D eigenvalue weighted by molar-refractivity contribution is 9.10. The van der Waals surface area contributed by atoms with Crippen molar-refractivity contribution >= 4 is 56.5 Å². The van der Waals surface area contributed by atoms with E-state index in [1.807, 2.05) is 6.07 Å². The van der Waals surface area contributed by atoms with Crippen molar-refractivity contribution in [2.24, 2.45) is 4.99 Å². The average Bonchev–Trinajstić information content (AvgIpc) is 3.19. The predicted octanol–water partition coefficient (Wildman–Crippen LogP) is 5.58. The molecule has 0 spiro atoms. The van der Waals surface area contributed by atoms with Crippen molar-refractivity contribution in [1.29, 1.82) is 0 Å². The SMILES string of the molecule is COc1ccc(N=C2NC(=O)/C(=C/c3cc(Br)c(OC(=O)c4ccccc4)c(OC)c3)S2)cc1. The number of carbonyl (C=O) groups is 2. The third-order valence-corrected chi connectivity index (χ3v) is 6.21. The monoisotopic (exact) mass is 538 g/mol. The highest BCUT2D eigenvalue weighted by Gasteiger charge is 2.24. The van der Waals surface area contributed by atoms with E-state index in [0.717, 1.165) is 5.75 Å². The molecule has 0 unspecified atom stereocenters. The summed E-state index contributed by atoms with van der Waals surface area (Å²) >= 11 is 4.67. The molecule has 7 nitrogen and oxygen atoms in total. The van der Waals surface area contributed by atoms with Gasteiger partial charge in [-0.2, -0.15) is 0 Å². The Balaban J connectivity index is 1.55. The lowest BCUT2D eigenvalue weighted by Crippen LogP contribution is -2.19. The standard InChI is InChI=1S/C25H19BrN2O5S/c1-31-18-10-8-17(9-11-18)27-25-28-23(29)21(34-25)14-15-12-19(26)22(20(13-15)32-2)33-24(30)16-6-4-3-5-7-16/h3-14H,1-2H3,(H,27,28,29)/b21-14-. The number of benzene rings is 3. The van der Waals surface area contributed by atoms with Gasteiger partial charge < -0.3 is 19.5 Å². The smallest absolute Gasteiger partial charge is 0.343 e. The van der Waals surface area contributed by atoms with Crippen LogP contribution in [0.3, 0.4) is 0 Å². The number of rotatable bonds is 6. The topological polar surface area (TPSA) is 86.2 Å². The number of esters is 1. The molecule has 0 radical (unpaired) electrons. The van der Waals surface area contributed by atoms with Crippen LogP contribution in [0.4, 0.5) is 5.69 Å². The van der Waals surface area contributed by atoms with Gasteiger partial charge >= 0.3 is 5.97 Å². The maximum Gasteiger partial charge on any atom is 0.343 e. The number of amides is 1. The van der Waals surface area contributed by atoms with E-state index in [1.165, 1.54) is 18.9 Å². The summed E-state index contributed by atoms with van der Waals surface area (Å²) in [6.45, 7) is 0. The first-order chi connectivity index (χ1) is 16.5. The summed E-state index contributed by atoms with van der Waals surface area (Å²) in [5.41, 5.74) is 1.80. The molecule has 1 N–H and O–H groups in total. The van der Waals surface area contributed by atoms with Crippen molar-refractivity contribution in [3.05, 3.63) is 87.2 Å². The molecule has 1 aliphatic heterocycles. The van der Waals surface area contributed by atoms with Gasteiger partial charge in [0.1, 0.15) is 5.75 Å². The van der Waals surface area contributed by atoms with E-state index in [-0.39, 0.29) is 11.7 Å². The first-order valence-electron chi connectivity index (χ1n) is 10.0. The highest BCUT2D eigenvalue weighted by Crippen LogP contribution is 2.39. The second-order valence-electron chi connectivity index (χ2n) is 6.97. The number of ether oxygens (including phenoxy) is 3. The van der Waals surface area contributed by atoms with E-state index in [4.69, 9.17) is 14.2 Å². The molecule has 0 bridgehead atoms. The first kappa shape index (κ1) is 23.6. The van der Waals surface area contributed by atoms with E-state index in [0.29, 0.717) is 37.1 Å². The predicted molar refractivity (Wildman–Crippen MR) is 136 cm³/mol. The summed E-state index contributed by atoms with van der Waals surface area (Å²) in [4.78, 5) is 29.9. The second kappa shape index (κ2) is 10.6. The minimum absolute atomic E-state index is 0.254. The van der Waals surface area contributed by atoms with Crippen LogP contribution >= 0.6 is 27.7 Å². The number of aliphatic imine (C=N–C) groups is 1. The van der Waals surface area contributed by atoms with Crippen LogP contribution in [0.25, 0.3) is 6.08 Å². The van der Waals surface area contributed by atoms with Gasteiger partial charge in [-0.15, -0.1) is 0 Å². The number of halogens is 1. The Morgan fingerprint density at radius 1 is 1.03 bits per heavy atom. The number of methoxy groups -OCH3 is 2. The minimum atomic E-state index is -0.504. The quantitative estimate of drug-likeness (QED) is 0.250. The van der Waals surface area contributed by atoms with E-state index in [9.17, 15) is 9.59 Å². The number of nitrogens with zero attached hydrogens (tertiary/aromatic N) is 1. The molecular formula is C25H19BrN2O5S. The molecule has 172 valence electrons.